The molecule has 4 aliphatic rings. The van der Waals surface area contributed by atoms with E-state index in [2.05, 4.69) is 24.1 Å². The van der Waals surface area contributed by atoms with E-state index in [0.717, 1.165) is 16.5 Å². The molecule has 1 amide bonds. The van der Waals surface area contributed by atoms with Crippen LogP contribution >= 0.6 is 0 Å². The maximum atomic E-state index is 14.3. The molecule has 2 aliphatic carbocycles. The Labute approximate surface area is 229 Å². The second kappa shape index (κ2) is 9.27. The van der Waals surface area contributed by atoms with E-state index in [1.807, 2.05) is 55.6 Å². The smallest absolute Gasteiger partial charge is 0.235 e. The highest BCUT2D eigenvalue weighted by molar-refractivity contribution is 6.09. The molecule has 0 bridgehead atoms. The van der Waals surface area contributed by atoms with Gasteiger partial charge in [-0.3, -0.25) is 14.4 Å². The van der Waals surface area contributed by atoms with Crippen LogP contribution in [0.2, 0.25) is 0 Å². The van der Waals surface area contributed by atoms with Crippen molar-refractivity contribution in [2.75, 3.05) is 0 Å². The first-order valence-electron chi connectivity index (χ1n) is 14.2. The van der Waals surface area contributed by atoms with Gasteiger partial charge in [-0.2, -0.15) is 6.20 Å². The minimum absolute atomic E-state index is 0.00530. The van der Waals surface area contributed by atoms with Crippen molar-refractivity contribution in [3.63, 3.8) is 0 Å². The summed E-state index contributed by atoms with van der Waals surface area (Å²) in [5.41, 5.74) is 0.719. The van der Waals surface area contributed by atoms with Crippen LogP contribution in [0.25, 0.3) is 10.9 Å². The first-order valence-corrected chi connectivity index (χ1v) is 14.2. The third kappa shape index (κ3) is 3.88. The normalized spacial score (nSPS) is 42.6. The van der Waals surface area contributed by atoms with Gasteiger partial charge >= 0.3 is 0 Å². The van der Waals surface area contributed by atoms with E-state index in [0.29, 0.717) is 18.4 Å². The fourth-order valence-corrected chi connectivity index (χ4v) is 7.88. The number of amides is 1. The van der Waals surface area contributed by atoms with Gasteiger partial charge in [-0.1, -0.05) is 61.9 Å². The average Bonchev–Trinajstić information content (AvgIpc) is 3.31. The van der Waals surface area contributed by atoms with Gasteiger partial charge < -0.3 is 20.1 Å². The van der Waals surface area contributed by atoms with Crippen molar-refractivity contribution < 1.29 is 24.2 Å². The van der Waals surface area contributed by atoms with Crippen molar-refractivity contribution in [3.8, 4) is 0 Å². The number of para-hydroxylation sites is 1. The predicted molar refractivity (Wildman–Crippen MR) is 147 cm³/mol. The molecule has 3 heterocycles. The second-order valence-corrected chi connectivity index (χ2v) is 12.3. The molecule has 0 radical (unpaired) electrons. The summed E-state index contributed by atoms with van der Waals surface area (Å²) in [6.45, 7) is 7.93. The maximum absolute atomic E-state index is 14.3. The first kappa shape index (κ1) is 26.2. The van der Waals surface area contributed by atoms with Crippen molar-refractivity contribution in [3.05, 3.63) is 59.8 Å². The largest absolute Gasteiger partial charge is 0.663 e. The number of allylic oxidation sites excluding steroid dienone is 2. The van der Waals surface area contributed by atoms with Gasteiger partial charge in [0.1, 0.15) is 17.3 Å². The third-order valence-corrected chi connectivity index (χ3v) is 10.1. The minimum Gasteiger partial charge on any atom is -0.663 e. The summed E-state index contributed by atoms with van der Waals surface area (Å²) < 4.78 is 6.35. The Morgan fingerprint density at radius 1 is 1.18 bits per heavy atom. The molecule has 3 fully saturated rings. The van der Waals surface area contributed by atoms with Crippen LogP contribution in [-0.2, 0) is 25.5 Å². The lowest BCUT2D eigenvalue weighted by Crippen LogP contribution is -2.58. The Morgan fingerprint density at radius 2 is 1.95 bits per heavy atom. The summed E-state index contributed by atoms with van der Waals surface area (Å²) in [4.78, 5) is 45.9. The third-order valence-electron chi connectivity index (χ3n) is 10.1. The Morgan fingerprint density at radius 3 is 2.74 bits per heavy atom. The molecule has 6 rings (SSSR count). The highest BCUT2D eigenvalue weighted by atomic mass is 16.6. The van der Waals surface area contributed by atoms with Gasteiger partial charge in [-0.25, -0.2) is 0 Å². The van der Waals surface area contributed by atoms with Gasteiger partial charge in [0.05, 0.1) is 11.7 Å². The molecule has 1 spiro atoms. The lowest BCUT2D eigenvalue weighted by molar-refractivity contribution is -0.148. The maximum Gasteiger partial charge on any atom is 0.235 e. The summed E-state index contributed by atoms with van der Waals surface area (Å²) >= 11 is 0. The number of aliphatic hydroxyl groups is 1. The van der Waals surface area contributed by atoms with Crippen LogP contribution < -0.4 is 10.3 Å². The Hall–Kier alpha value is -3.03. The number of nitrogens with one attached hydrogen (secondary N) is 1. The summed E-state index contributed by atoms with van der Waals surface area (Å²) in [6.07, 6.45) is 7.48. The lowest BCUT2D eigenvalue weighted by Gasteiger charge is -2.46. The predicted octanol–water partition coefficient (Wildman–Crippen LogP) is 3.69. The molecule has 206 valence electrons. The van der Waals surface area contributed by atoms with E-state index in [1.165, 1.54) is 0 Å². The number of Topliss-reactive ketones (excluding diaryl/α,β-unsaturated/α-hetero) is 2. The number of aliphatic hydroxyl groups excluding tert-OH is 1. The van der Waals surface area contributed by atoms with Crippen LogP contribution in [0.15, 0.2) is 54.3 Å². The molecule has 39 heavy (non-hydrogen) atoms. The zero-order valence-corrected chi connectivity index (χ0v) is 23.0. The molecule has 1 aromatic heterocycles. The molecule has 1 aromatic carbocycles. The number of epoxide rings is 1. The highest BCUT2D eigenvalue weighted by Crippen LogP contribution is 2.66. The number of carbonyl (C=O) groups is 3. The number of ketones is 2. The van der Waals surface area contributed by atoms with Crippen molar-refractivity contribution in [1.29, 1.82) is 0 Å². The van der Waals surface area contributed by atoms with Crippen molar-refractivity contribution in [1.82, 2.24) is 10.3 Å². The standard InChI is InChI=1S/C32H37N2O5/c1-17-8-7-10-22-29-31(4,39-29)19(3)27-24(15-20-16-33-23-11-6-5-9-21(20)23)34-30(38)32(22,27)26(36)13-12-25(35)28(37)18(2)14-17/h5-7,9-11,14,16-17,19,22,24-25,27,29,35H,8,12-13,15H2,1-4H3,(H,34,38)/q-1/b10-7-,18-14-/t17-,19-,22-,24-,25-,27-,29-,31+,32+/m0/s1. The minimum atomic E-state index is -1.32. The van der Waals surface area contributed by atoms with E-state index < -0.39 is 23.0 Å². The molecule has 2 aromatic rings. The van der Waals surface area contributed by atoms with Crippen molar-refractivity contribution in [2.45, 2.75) is 77.2 Å². The molecule has 9 atom stereocenters. The fourth-order valence-electron chi connectivity index (χ4n) is 7.88. The van der Waals surface area contributed by atoms with Crippen LogP contribution in [0.5, 0.6) is 0 Å². The number of benzene rings is 1. The fraction of sp³-hybridized carbons (Fsp3) is 0.531. The van der Waals surface area contributed by atoms with Gasteiger partial charge in [0.25, 0.3) is 0 Å². The second-order valence-electron chi connectivity index (χ2n) is 12.3. The summed E-state index contributed by atoms with van der Waals surface area (Å²) in [6, 6.07) is 7.69. The molecule has 1 saturated carbocycles. The molecular weight excluding hydrogens is 492 g/mol. The topological polar surface area (TPSA) is 110 Å². The van der Waals surface area contributed by atoms with Gasteiger partial charge in [-0.15, -0.1) is 5.52 Å². The number of fused-ring (bicyclic) bond motifs is 3. The average molecular weight is 530 g/mol. The number of aromatic nitrogens is 1. The Kier molecular flexibility index (Phi) is 6.23. The molecular formula is C32H37N2O5-. The number of carbonyl (C=O) groups excluding carboxylic acids is 3. The van der Waals surface area contributed by atoms with E-state index in [-0.39, 0.29) is 60.2 Å². The summed E-state index contributed by atoms with van der Waals surface area (Å²) in [5, 5.41) is 15.0. The summed E-state index contributed by atoms with van der Waals surface area (Å²) in [7, 11) is 0. The molecule has 2 N–H and O–H groups in total. The van der Waals surface area contributed by atoms with E-state index >= 15 is 0 Å². The lowest BCUT2D eigenvalue weighted by atomic mass is 9.51. The van der Waals surface area contributed by atoms with Gasteiger partial charge in [0.2, 0.25) is 5.91 Å². The van der Waals surface area contributed by atoms with E-state index in [1.54, 1.807) is 6.92 Å². The quantitative estimate of drug-likeness (QED) is 0.349. The van der Waals surface area contributed by atoms with Crippen LogP contribution in [0.3, 0.4) is 0 Å². The Balaban J connectivity index is 1.43. The van der Waals surface area contributed by atoms with Crippen LogP contribution in [-0.4, -0.2) is 46.4 Å². The van der Waals surface area contributed by atoms with Crippen molar-refractivity contribution in [2.24, 2.45) is 29.1 Å². The SMILES string of the molecule is C/C1=C/[C@@H](C)C/C=C\[C@H]2[C@@H]3O[C@]3(C)[C@@H](C)[C@H]3[C@H](Cc4c[n-]c5ccccc45)NC(=O)[C@]32C(=O)CC[C@H](O)C1=O. The summed E-state index contributed by atoms with van der Waals surface area (Å²) in [5.74, 6) is -1.54. The molecule has 2 saturated heterocycles. The number of nitrogens with zero attached hydrogens (tertiary/aromatic N) is 1. The monoisotopic (exact) mass is 529 g/mol. The van der Waals surface area contributed by atoms with Crippen molar-refractivity contribution >= 4 is 28.4 Å². The zero-order chi connectivity index (χ0) is 27.7. The first-order chi connectivity index (χ1) is 18.6. The highest BCUT2D eigenvalue weighted by Gasteiger charge is 2.78. The number of hydrogen-bond acceptors (Lipinski definition) is 5. The van der Waals surface area contributed by atoms with Gasteiger partial charge in [-0.05, 0) is 55.9 Å². The van der Waals surface area contributed by atoms with Crippen LogP contribution in [0.1, 0.15) is 52.5 Å². The molecule has 2 aliphatic heterocycles. The molecule has 7 nitrogen and oxygen atoms in total. The number of hydrogen-bond donors (Lipinski definition) is 2. The van der Waals surface area contributed by atoms with Gasteiger partial charge in [0.15, 0.2) is 5.78 Å². The van der Waals surface area contributed by atoms with E-state index in [9.17, 15) is 19.5 Å². The van der Waals surface area contributed by atoms with Gasteiger partial charge in [0, 0.05) is 24.3 Å². The number of rotatable bonds is 2. The van der Waals surface area contributed by atoms with Crippen LogP contribution in [0, 0.1) is 29.1 Å². The Bertz CT molecular complexity index is 1410. The number of ether oxygens (including phenoxy) is 1. The van der Waals surface area contributed by atoms with Crippen LogP contribution in [0.4, 0.5) is 0 Å². The van der Waals surface area contributed by atoms with E-state index in [4.69, 9.17) is 4.74 Å². The zero-order valence-electron chi connectivity index (χ0n) is 23.0. The molecule has 0 unspecified atom stereocenters. The molecule has 7 heteroatoms.